The number of aromatic hydroxyl groups is 1. The van der Waals surface area contributed by atoms with E-state index in [0.717, 1.165) is 21.3 Å². The number of hydrogen-bond acceptors (Lipinski definition) is 2. The lowest BCUT2D eigenvalue weighted by atomic mass is 10.1. The third-order valence-corrected chi connectivity index (χ3v) is 2.97. The van der Waals surface area contributed by atoms with E-state index in [0.29, 0.717) is 0 Å². The van der Waals surface area contributed by atoms with Crippen LogP contribution >= 0.6 is 15.9 Å². The summed E-state index contributed by atoms with van der Waals surface area (Å²) in [6.07, 6.45) is 0. The molecule has 0 aliphatic rings. The van der Waals surface area contributed by atoms with E-state index in [2.05, 4.69) is 15.9 Å². The van der Waals surface area contributed by atoms with E-state index in [1.807, 2.05) is 30.3 Å². The van der Waals surface area contributed by atoms with Gasteiger partial charge in [0.25, 0.3) is 0 Å². The minimum absolute atomic E-state index is 0.274. The van der Waals surface area contributed by atoms with Crippen LogP contribution in [0.5, 0.6) is 11.5 Å². The van der Waals surface area contributed by atoms with E-state index >= 15 is 0 Å². The van der Waals surface area contributed by atoms with Crippen molar-refractivity contribution in [2.45, 2.75) is 0 Å². The summed E-state index contributed by atoms with van der Waals surface area (Å²) in [7, 11) is 1.64. The number of ether oxygens (including phenoxy) is 1. The fraction of sp³-hybridized carbons (Fsp3) is 0.0769. The van der Waals surface area contributed by atoms with Gasteiger partial charge >= 0.3 is 0 Å². The number of halogens is 1. The second-order valence-corrected chi connectivity index (χ2v) is 4.25. The zero-order valence-electron chi connectivity index (χ0n) is 8.77. The van der Waals surface area contributed by atoms with Gasteiger partial charge in [-0.3, -0.25) is 0 Å². The van der Waals surface area contributed by atoms with E-state index in [1.54, 1.807) is 19.2 Å². The summed E-state index contributed by atoms with van der Waals surface area (Å²) in [5.41, 5.74) is 2.13. The minimum Gasteiger partial charge on any atom is -0.508 e. The Morgan fingerprint density at radius 2 is 1.62 bits per heavy atom. The Morgan fingerprint density at radius 3 is 2.19 bits per heavy atom. The molecule has 2 nitrogen and oxygen atoms in total. The van der Waals surface area contributed by atoms with Crippen LogP contribution in [-0.2, 0) is 0 Å². The molecule has 2 aromatic rings. The predicted octanol–water partition coefficient (Wildman–Crippen LogP) is 3.83. The molecule has 0 heterocycles. The molecular weight excluding hydrogens is 268 g/mol. The normalized spacial score (nSPS) is 10.1. The van der Waals surface area contributed by atoms with Crippen molar-refractivity contribution in [1.29, 1.82) is 0 Å². The summed E-state index contributed by atoms with van der Waals surface area (Å²) in [6, 6.07) is 13.0. The van der Waals surface area contributed by atoms with Gasteiger partial charge in [-0.05, 0) is 51.3 Å². The first-order chi connectivity index (χ1) is 7.70. The Hall–Kier alpha value is -1.48. The van der Waals surface area contributed by atoms with Crippen LogP contribution in [0.2, 0.25) is 0 Å². The first-order valence-electron chi connectivity index (χ1n) is 4.83. The number of benzene rings is 2. The number of phenolic OH excluding ortho intramolecular Hbond substituents is 1. The van der Waals surface area contributed by atoms with Crippen LogP contribution in [0.1, 0.15) is 0 Å². The molecule has 0 aliphatic carbocycles. The molecule has 2 aromatic carbocycles. The largest absolute Gasteiger partial charge is 0.508 e. The Kier molecular flexibility index (Phi) is 3.15. The van der Waals surface area contributed by atoms with E-state index < -0.39 is 0 Å². The number of hydrogen-bond donors (Lipinski definition) is 1. The van der Waals surface area contributed by atoms with Crippen molar-refractivity contribution in [2.24, 2.45) is 0 Å². The first-order valence-corrected chi connectivity index (χ1v) is 5.63. The molecule has 0 radical (unpaired) electrons. The summed E-state index contributed by atoms with van der Waals surface area (Å²) in [6.45, 7) is 0. The summed E-state index contributed by atoms with van der Waals surface area (Å²) in [4.78, 5) is 0. The summed E-state index contributed by atoms with van der Waals surface area (Å²) in [5, 5.41) is 9.21. The van der Waals surface area contributed by atoms with Crippen LogP contribution in [0, 0.1) is 0 Å². The lowest BCUT2D eigenvalue weighted by Crippen LogP contribution is -1.85. The third kappa shape index (κ3) is 2.19. The van der Waals surface area contributed by atoms with Gasteiger partial charge < -0.3 is 9.84 Å². The monoisotopic (exact) mass is 278 g/mol. The summed E-state index contributed by atoms with van der Waals surface area (Å²) >= 11 is 3.44. The second kappa shape index (κ2) is 4.58. The van der Waals surface area contributed by atoms with Crippen molar-refractivity contribution < 1.29 is 9.84 Å². The molecule has 1 N–H and O–H groups in total. The summed E-state index contributed by atoms with van der Waals surface area (Å²) < 4.78 is 6.09. The molecule has 2 rings (SSSR count). The van der Waals surface area contributed by atoms with Gasteiger partial charge in [0.2, 0.25) is 0 Å². The van der Waals surface area contributed by atoms with Gasteiger partial charge in [0, 0.05) is 0 Å². The lowest BCUT2D eigenvalue weighted by molar-refractivity contribution is 0.412. The van der Waals surface area contributed by atoms with E-state index in [1.165, 1.54) is 0 Å². The molecule has 0 unspecified atom stereocenters. The minimum atomic E-state index is 0.274. The highest BCUT2D eigenvalue weighted by atomic mass is 79.9. The SMILES string of the molecule is COc1ccc(-c2ccc(O)cc2)cc1Br. The van der Waals surface area contributed by atoms with Gasteiger partial charge in [0.05, 0.1) is 11.6 Å². The molecule has 0 aliphatic heterocycles. The van der Waals surface area contributed by atoms with Crippen LogP contribution < -0.4 is 4.74 Å². The van der Waals surface area contributed by atoms with Crippen molar-refractivity contribution >= 4 is 15.9 Å². The van der Waals surface area contributed by atoms with Gasteiger partial charge in [-0.2, -0.15) is 0 Å². The van der Waals surface area contributed by atoms with Crippen LogP contribution in [0.15, 0.2) is 46.9 Å². The number of phenols is 1. The fourth-order valence-electron chi connectivity index (χ4n) is 1.50. The average molecular weight is 279 g/mol. The van der Waals surface area contributed by atoms with Gasteiger partial charge in [-0.25, -0.2) is 0 Å². The van der Waals surface area contributed by atoms with Gasteiger partial charge in [0.1, 0.15) is 11.5 Å². The fourth-order valence-corrected chi connectivity index (χ4v) is 2.04. The molecular formula is C13H11BrO2. The van der Waals surface area contributed by atoms with Gasteiger partial charge in [-0.15, -0.1) is 0 Å². The van der Waals surface area contributed by atoms with Crippen LogP contribution in [0.3, 0.4) is 0 Å². The Labute approximate surface area is 103 Å². The second-order valence-electron chi connectivity index (χ2n) is 3.40. The lowest BCUT2D eigenvalue weighted by Gasteiger charge is -2.06. The molecule has 0 amide bonds. The van der Waals surface area contributed by atoms with E-state index in [-0.39, 0.29) is 5.75 Å². The highest BCUT2D eigenvalue weighted by molar-refractivity contribution is 9.10. The topological polar surface area (TPSA) is 29.5 Å². The maximum absolute atomic E-state index is 9.21. The smallest absolute Gasteiger partial charge is 0.133 e. The summed E-state index contributed by atoms with van der Waals surface area (Å²) in [5.74, 6) is 1.08. The highest BCUT2D eigenvalue weighted by Gasteiger charge is 2.03. The molecule has 0 spiro atoms. The quantitative estimate of drug-likeness (QED) is 0.905. The standard InChI is InChI=1S/C13H11BrO2/c1-16-13-7-4-10(8-12(13)14)9-2-5-11(15)6-3-9/h2-8,15H,1H3. The molecule has 82 valence electrons. The zero-order chi connectivity index (χ0) is 11.5. The highest BCUT2D eigenvalue weighted by Crippen LogP contribution is 2.30. The van der Waals surface area contributed by atoms with Crippen molar-refractivity contribution in [1.82, 2.24) is 0 Å². The van der Waals surface area contributed by atoms with Gasteiger partial charge in [-0.1, -0.05) is 18.2 Å². The van der Waals surface area contributed by atoms with E-state index in [9.17, 15) is 5.11 Å². The molecule has 0 saturated carbocycles. The molecule has 16 heavy (non-hydrogen) atoms. The van der Waals surface area contributed by atoms with Crippen LogP contribution in [0.25, 0.3) is 11.1 Å². The Balaban J connectivity index is 2.41. The van der Waals surface area contributed by atoms with Crippen molar-refractivity contribution in [3.05, 3.63) is 46.9 Å². The van der Waals surface area contributed by atoms with Crippen LogP contribution in [-0.4, -0.2) is 12.2 Å². The van der Waals surface area contributed by atoms with Crippen molar-refractivity contribution in [3.8, 4) is 22.6 Å². The van der Waals surface area contributed by atoms with Crippen LogP contribution in [0.4, 0.5) is 0 Å². The predicted molar refractivity (Wildman–Crippen MR) is 67.8 cm³/mol. The van der Waals surface area contributed by atoms with Gasteiger partial charge in [0.15, 0.2) is 0 Å². The maximum Gasteiger partial charge on any atom is 0.133 e. The van der Waals surface area contributed by atoms with E-state index in [4.69, 9.17) is 4.74 Å². The molecule has 0 aromatic heterocycles. The number of methoxy groups -OCH3 is 1. The van der Waals surface area contributed by atoms with Crippen molar-refractivity contribution in [2.75, 3.05) is 7.11 Å². The molecule has 0 bridgehead atoms. The molecule has 0 fully saturated rings. The molecule has 3 heteroatoms. The number of rotatable bonds is 2. The van der Waals surface area contributed by atoms with Crippen molar-refractivity contribution in [3.63, 3.8) is 0 Å². The Morgan fingerprint density at radius 1 is 1.00 bits per heavy atom. The maximum atomic E-state index is 9.21. The zero-order valence-corrected chi connectivity index (χ0v) is 10.4. The molecule has 0 saturated heterocycles. The average Bonchev–Trinajstić information content (AvgIpc) is 2.30. The first kappa shape index (κ1) is 11.0. The Bertz CT molecular complexity index is 492. The third-order valence-electron chi connectivity index (χ3n) is 2.35. The molecule has 0 atom stereocenters.